The van der Waals surface area contributed by atoms with E-state index in [1.807, 2.05) is 18.2 Å². The first-order chi connectivity index (χ1) is 16.8. The lowest BCUT2D eigenvalue weighted by Crippen LogP contribution is -2.48. The van der Waals surface area contributed by atoms with Crippen molar-refractivity contribution in [3.05, 3.63) is 39.8 Å². The quantitative estimate of drug-likeness (QED) is 0.574. The molecule has 2 aliphatic rings. The summed E-state index contributed by atoms with van der Waals surface area (Å²) in [5, 5.41) is 3.17. The van der Waals surface area contributed by atoms with Crippen LogP contribution in [0, 0.1) is 6.92 Å². The molecular formula is C24H30N4O6S. The molecular weight excluding hydrogens is 472 g/mol. The number of nitrogens with zero attached hydrogens (tertiary/aromatic N) is 3. The van der Waals surface area contributed by atoms with Crippen LogP contribution in [0.25, 0.3) is 0 Å². The summed E-state index contributed by atoms with van der Waals surface area (Å²) >= 11 is 1.10. The first kappa shape index (κ1) is 25.0. The predicted molar refractivity (Wildman–Crippen MR) is 131 cm³/mol. The van der Waals surface area contributed by atoms with E-state index in [0.717, 1.165) is 61.1 Å². The van der Waals surface area contributed by atoms with Crippen molar-refractivity contribution < 1.29 is 28.6 Å². The molecule has 0 bridgehead atoms. The van der Waals surface area contributed by atoms with Gasteiger partial charge in [0, 0.05) is 46.8 Å². The molecule has 35 heavy (non-hydrogen) atoms. The third-order valence-corrected chi connectivity index (χ3v) is 7.26. The van der Waals surface area contributed by atoms with E-state index in [4.69, 9.17) is 14.2 Å². The fraction of sp³-hybridized carbons (Fsp3) is 0.458. The van der Waals surface area contributed by atoms with E-state index in [9.17, 15) is 14.4 Å². The molecule has 1 fully saturated rings. The van der Waals surface area contributed by atoms with Gasteiger partial charge in [-0.05, 0) is 30.2 Å². The third kappa shape index (κ3) is 5.58. The van der Waals surface area contributed by atoms with Crippen LogP contribution in [0.15, 0.2) is 18.2 Å². The number of carbonyl (C=O) groups is 3. The Balaban J connectivity index is 1.33. The van der Waals surface area contributed by atoms with Crippen LogP contribution in [0.1, 0.15) is 31.2 Å². The number of rotatable bonds is 7. The molecule has 0 atom stereocenters. The summed E-state index contributed by atoms with van der Waals surface area (Å²) < 4.78 is 15.7. The molecule has 2 aliphatic heterocycles. The summed E-state index contributed by atoms with van der Waals surface area (Å²) in [7, 11) is 4.56. The lowest BCUT2D eigenvalue weighted by Gasteiger charge is -2.34. The fourth-order valence-electron chi connectivity index (χ4n) is 4.13. The minimum absolute atomic E-state index is 0.201. The van der Waals surface area contributed by atoms with Crippen LogP contribution in [0.5, 0.6) is 11.5 Å². The average molecular weight is 503 g/mol. The zero-order chi connectivity index (χ0) is 25.1. The van der Waals surface area contributed by atoms with Crippen LogP contribution >= 0.6 is 11.3 Å². The first-order valence-electron chi connectivity index (χ1n) is 11.3. The molecule has 4 rings (SSSR count). The van der Waals surface area contributed by atoms with E-state index in [0.29, 0.717) is 15.4 Å². The van der Waals surface area contributed by atoms with Crippen molar-refractivity contribution >= 4 is 34.1 Å². The van der Waals surface area contributed by atoms with Crippen molar-refractivity contribution in [2.75, 3.05) is 66.0 Å². The molecule has 0 radical (unpaired) electrons. The lowest BCUT2D eigenvalue weighted by atomic mass is 10.1. The molecule has 0 saturated carbocycles. The van der Waals surface area contributed by atoms with Gasteiger partial charge in [-0.25, -0.2) is 4.79 Å². The van der Waals surface area contributed by atoms with E-state index in [-0.39, 0.29) is 30.7 Å². The van der Waals surface area contributed by atoms with Crippen LogP contribution in [0.3, 0.4) is 0 Å². The highest BCUT2D eigenvalue weighted by molar-refractivity contribution is 7.18. The summed E-state index contributed by atoms with van der Waals surface area (Å²) in [5.41, 5.74) is 1.89. The number of esters is 1. The number of amides is 2. The monoisotopic (exact) mass is 502 g/mol. The van der Waals surface area contributed by atoms with Crippen LogP contribution in [0.4, 0.5) is 5.00 Å². The molecule has 10 nitrogen and oxygen atoms in total. The Morgan fingerprint density at radius 2 is 1.77 bits per heavy atom. The second-order valence-electron chi connectivity index (χ2n) is 8.74. The molecule has 0 aliphatic carbocycles. The second-order valence-corrected chi connectivity index (χ2v) is 9.76. The Hall–Kier alpha value is -3.15. The first-order valence-corrected chi connectivity index (χ1v) is 12.1. The van der Waals surface area contributed by atoms with Gasteiger partial charge < -0.3 is 24.4 Å². The maximum absolute atomic E-state index is 12.8. The van der Waals surface area contributed by atoms with Gasteiger partial charge in [-0.15, -0.1) is 11.3 Å². The number of thiophene rings is 1. The number of hydrogen-bond acceptors (Lipinski definition) is 9. The van der Waals surface area contributed by atoms with E-state index in [1.165, 1.54) is 12.0 Å². The molecule has 1 N–H and O–H groups in total. The predicted octanol–water partition coefficient (Wildman–Crippen LogP) is 2.03. The third-order valence-electron chi connectivity index (χ3n) is 6.06. The van der Waals surface area contributed by atoms with Gasteiger partial charge in [-0.3, -0.25) is 19.4 Å². The molecule has 1 aromatic carbocycles. The molecule has 11 heteroatoms. The standard InChI is InChI=1S/C24H30N4O6S/c1-15-20(24(31)32-4)22(35-21(15)23(30)26(2)3)25-19(29)13-28-9-7-27(8-10-28)12-16-5-6-17-18(11-16)34-14-33-17/h5-6,11H,7-10,12-14H2,1-4H3,(H,25,29). The Kier molecular flexibility index (Phi) is 7.58. The van der Waals surface area contributed by atoms with Crippen molar-refractivity contribution in [3.63, 3.8) is 0 Å². The average Bonchev–Trinajstić information content (AvgIpc) is 3.43. The zero-order valence-corrected chi connectivity index (χ0v) is 21.2. The van der Waals surface area contributed by atoms with Gasteiger partial charge in [-0.2, -0.15) is 0 Å². The van der Waals surface area contributed by atoms with Crippen LogP contribution < -0.4 is 14.8 Å². The minimum atomic E-state index is -0.580. The topological polar surface area (TPSA) is 101 Å². The van der Waals surface area contributed by atoms with E-state index in [2.05, 4.69) is 15.1 Å². The van der Waals surface area contributed by atoms with Gasteiger partial charge >= 0.3 is 5.97 Å². The fourth-order valence-corrected chi connectivity index (χ4v) is 5.36. The minimum Gasteiger partial charge on any atom is -0.465 e. The Labute approximate surface area is 208 Å². The number of anilines is 1. The van der Waals surface area contributed by atoms with E-state index in [1.54, 1.807) is 21.0 Å². The Morgan fingerprint density at radius 1 is 1.09 bits per heavy atom. The van der Waals surface area contributed by atoms with Gasteiger partial charge in [-0.1, -0.05) is 6.07 Å². The molecule has 2 aromatic rings. The second kappa shape index (κ2) is 10.6. The summed E-state index contributed by atoms with van der Waals surface area (Å²) in [5.74, 6) is 0.521. The lowest BCUT2D eigenvalue weighted by molar-refractivity contribution is -0.117. The van der Waals surface area contributed by atoms with Crippen molar-refractivity contribution in [1.82, 2.24) is 14.7 Å². The number of fused-ring (bicyclic) bond motifs is 1. The Morgan fingerprint density at radius 3 is 2.46 bits per heavy atom. The van der Waals surface area contributed by atoms with Crippen LogP contribution in [-0.4, -0.2) is 93.2 Å². The number of nitrogens with one attached hydrogen (secondary N) is 1. The smallest absolute Gasteiger partial charge is 0.341 e. The number of carbonyl (C=O) groups excluding carboxylic acids is 3. The van der Waals surface area contributed by atoms with E-state index < -0.39 is 5.97 Å². The Bertz CT molecular complexity index is 1120. The number of ether oxygens (including phenoxy) is 3. The molecule has 1 aromatic heterocycles. The molecule has 1 saturated heterocycles. The number of benzene rings is 1. The summed E-state index contributed by atoms with van der Waals surface area (Å²) in [6, 6.07) is 5.99. The zero-order valence-electron chi connectivity index (χ0n) is 20.4. The summed E-state index contributed by atoms with van der Waals surface area (Å²) in [4.78, 5) is 43.9. The molecule has 2 amide bonds. The molecule has 0 spiro atoms. The molecule has 0 unspecified atom stereocenters. The maximum Gasteiger partial charge on any atom is 0.341 e. The van der Waals surface area contributed by atoms with Crippen molar-refractivity contribution in [3.8, 4) is 11.5 Å². The van der Waals surface area contributed by atoms with Gasteiger partial charge in [0.1, 0.15) is 5.00 Å². The highest BCUT2D eigenvalue weighted by Gasteiger charge is 2.28. The maximum atomic E-state index is 12.8. The van der Waals surface area contributed by atoms with Crippen molar-refractivity contribution in [2.24, 2.45) is 0 Å². The number of piperazine rings is 1. The number of hydrogen-bond donors (Lipinski definition) is 1. The SMILES string of the molecule is COC(=O)c1c(NC(=O)CN2CCN(Cc3ccc4c(c3)OCO4)CC2)sc(C(=O)N(C)C)c1C. The molecule has 188 valence electrons. The van der Waals surface area contributed by atoms with Crippen molar-refractivity contribution in [2.45, 2.75) is 13.5 Å². The van der Waals surface area contributed by atoms with Gasteiger partial charge in [0.05, 0.1) is 24.1 Å². The van der Waals surface area contributed by atoms with Crippen LogP contribution in [-0.2, 0) is 16.1 Å². The van der Waals surface area contributed by atoms with Gasteiger partial charge in [0.2, 0.25) is 12.7 Å². The largest absolute Gasteiger partial charge is 0.465 e. The van der Waals surface area contributed by atoms with E-state index >= 15 is 0 Å². The number of methoxy groups -OCH3 is 1. The normalized spacial score (nSPS) is 15.7. The van der Waals surface area contributed by atoms with Gasteiger partial charge in [0.15, 0.2) is 11.5 Å². The van der Waals surface area contributed by atoms with Gasteiger partial charge in [0.25, 0.3) is 5.91 Å². The highest BCUT2D eigenvalue weighted by atomic mass is 32.1. The summed E-state index contributed by atoms with van der Waals surface area (Å²) in [6.07, 6.45) is 0. The summed E-state index contributed by atoms with van der Waals surface area (Å²) in [6.45, 7) is 6.10. The van der Waals surface area contributed by atoms with Crippen LogP contribution in [0.2, 0.25) is 0 Å². The van der Waals surface area contributed by atoms with Crippen molar-refractivity contribution in [1.29, 1.82) is 0 Å². The highest BCUT2D eigenvalue weighted by Crippen LogP contribution is 2.35. The molecule has 3 heterocycles.